The quantitative estimate of drug-likeness (QED) is 0.845. The van der Waals surface area contributed by atoms with Crippen molar-refractivity contribution in [1.29, 1.82) is 0 Å². The molecule has 1 aliphatic rings. The third kappa shape index (κ3) is 2.67. The zero-order valence-electron chi connectivity index (χ0n) is 10.2. The number of carbonyl (C=O) groups is 1. The predicted molar refractivity (Wildman–Crippen MR) is 64.3 cm³/mol. The first-order valence-electron chi connectivity index (χ1n) is 5.99. The first kappa shape index (κ1) is 13.0. The van der Waals surface area contributed by atoms with E-state index in [2.05, 4.69) is 10.6 Å². The summed E-state index contributed by atoms with van der Waals surface area (Å²) in [6, 6.07) is 3.42. The summed E-state index contributed by atoms with van der Waals surface area (Å²) in [5.74, 6) is -2.34. The van der Waals surface area contributed by atoms with Crippen molar-refractivity contribution in [2.75, 3.05) is 13.1 Å². The number of amides is 1. The summed E-state index contributed by atoms with van der Waals surface area (Å²) in [5.41, 5.74) is -0.908. The zero-order chi connectivity index (χ0) is 13.2. The number of carbonyl (C=O) groups excluding carboxylic acids is 1. The minimum absolute atomic E-state index is 0.406. The molecule has 1 aromatic carbocycles. The largest absolute Gasteiger partial charge is 0.347 e. The Balaban J connectivity index is 2.17. The molecule has 1 fully saturated rings. The maximum absolute atomic E-state index is 13.5. The van der Waals surface area contributed by atoms with E-state index in [0.29, 0.717) is 0 Å². The second-order valence-corrected chi connectivity index (χ2v) is 4.86. The second-order valence-electron chi connectivity index (χ2n) is 4.86. The Kier molecular flexibility index (Phi) is 3.61. The molecule has 1 amide bonds. The van der Waals surface area contributed by atoms with Gasteiger partial charge in [0.1, 0.15) is 17.2 Å². The molecule has 2 rings (SSSR count). The molecule has 18 heavy (non-hydrogen) atoms. The molecule has 0 atom stereocenters. The van der Waals surface area contributed by atoms with E-state index in [9.17, 15) is 13.6 Å². The number of benzene rings is 1. The van der Waals surface area contributed by atoms with Gasteiger partial charge in [0.2, 0.25) is 0 Å². The van der Waals surface area contributed by atoms with Gasteiger partial charge < -0.3 is 10.6 Å². The van der Waals surface area contributed by atoms with Gasteiger partial charge in [-0.15, -0.1) is 0 Å². The normalized spacial score (nSPS) is 18.4. The highest BCUT2D eigenvalue weighted by Crippen LogP contribution is 2.19. The van der Waals surface area contributed by atoms with E-state index in [-0.39, 0.29) is 0 Å². The van der Waals surface area contributed by atoms with Crippen LogP contribution < -0.4 is 10.6 Å². The highest BCUT2D eigenvalue weighted by atomic mass is 19.1. The molecule has 2 N–H and O–H groups in total. The summed E-state index contributed by atoms with van der Waals surface area (Å²) in [6.07, 6.45) is 1.49. The van der Waals surface area contributed by atoms with Crippen molar-refractivity contribution in [3.8, 4) is 0 Å². The molecule has 0 radical (unpaired) electrons. The molecule has 1 saturated heterocycles. The summed E-state index contributed by atoms with van der Waals surface area (Å²) in [6.45, 7) is 3.47. The van der Waals surface area contributed by atoms with E-state index in [4.69, 9.17) is 0 Å². The van der Waals surface area contributed by atoms with Crippen LogP contribution >= 0.6 is 0 Å². The Hall–Kier alpha value is -1.49. The van der Waals surface area contributed by atoms with Crippen LogP contribution in [0.1, 0.15) is 30.1 Å². The van der Waals surface area contributed by atoms with Crippen LogP contribution in [0.4, 0.5) is 8.78 Å². The fraction of sp³-hybridized carbons (Fsp3) is 0.462. The molecule has 0 bridgehead atoms. The minimum Gasteiger partial charge on any atom is -0.347 e. The summed E-state index contributed by atoms with van der Waals surface area (Å²) < 4.78 is 26.9. The van der Waals surface area contributed by atoms with Crippen molar-refractivity contribution >= 4 is 5.91 Å². The Bertz CT molecular complexity index is 436. The number of hydrogen-bond acceptors (Lipinski definition) is 2. The van der Waals surface area contributed by atoms with E-state index in [1.54, 1.807) is 0 Å². The molecular weight excluding hydrogens is 238 g/mol. The van der Waals surface area contributed by atoms with Gasteiger partial charge in [-0.25, -0.2) is 8.78 Å². The Morgan fingerprint density at radius 1 is 1.28 bits per heavy atom. The van der Waals surface area contributed by atoms with Gasteiger partial charge in [0, 0.05) is 5.54 Å². The number of hydrogen-bond donors (Lipinski definition) is 2. The molecule has 1 heterocycles. The molecule has 98 valence electrons. The summed E-state index contributed by atoms with van der Waals surface area (Å²) in [5, 5.41) is 5.91. The summed E-state index contributed by atoms with van der Waals surface area (Å²) in [7, 11) is 0. The molecule has 0 spiro atoms. The van der Waals surface area contributed by atoms with Crippen molar-refractivity contribution in [2.45, 2.75) is 25.3 Å². The standard InChI is InChI=1S/C13H16F2N2O/c1-13(5-7-16-8-6-13)17-12(18)11-9(14)3-2-4-10(11)15/h2-4,16H,5-8H2,1H3,(H,17,18). The third-order valence-electron chi connectivity index (χ3n) is 3.31. The molecule has 1 aromatic rings. The van der Waals surface area contributed by atoms with Crippen molar-refractivity contribution in [3.63, 3.8) is 0 Å². The van der Waals surface area contributed by atoms with E-state index in [1.807, 2.05) is 6.92 Å². The number of halogens is 2. The van der Waals surface area contributed by atoms with Crippen LogP contribution in [0.5, 0.6) is 0 Å². The molecule has 1 aliphatic heterocycles. The summed E-state index contributed by atoms with van der Waals surface area (Å²) >= 11 is 0. The average Bonchev–Trinajstić information content (AvgIpc) is 2.28. The van der Waals surface area contributed by atoms with Gasteiger partial charge in [0.25, 0.3) is 5.91 Å². The predicted octanol–water partition coefficient (Wildman–Crippen LogP) is 1.84. The first-order chi connectivity index (χ1) is 8.52. The molecule has 0 unspecified atom stereocenters. The van der Waals surface area contributed by atoms with Crippen molar-refractivity contribution in [3.05, 3.63) is 35.4 Å². The zero-order valence-corrected chi connectivity index (χ0v) is 10.2. The van der Waals surface area contributed by atoms with E-state index >= 15 is 0 Å². The highest BCUT2D eigenvalue weighted by molar-refractivity contribution is 5.95. The third-order valence-corrected chi connectivity index (χ3v) is 3.31. The molecule has 5 heteroatoms. The van der Waals surface area contributed by atoms with Gasteiger partial charge >= 0.3 is 0 Å². The van der Waals surface area contributed by atoms with Gasteiger partial charge in [-0.2, -0.15) is 0 Å². The Morgan fingerprint density at radius 2 is 1.83 bits per heavy atom. The molecule has 0 aliphatic carbocycles. The maximum atomic E-state index is 13.5. The van der Waals surface area contributed by atoms with Crippen molar-refractivity contribution in [1.82, 2.24) is 10.6 Å². The van der Waals surface area contributed by atoms with Crippen LogP contribution in [-0.2, 0) is 0 Å². The maximum Gasteiger partial charge on any atom is 0.257 e. The smallest absolute Gasteiger partial charge is 0.257 e. The van der Waals surface area contributed by atoms with Gasteiger partial charge in [-0.05, 0) is 45.0 Å². The van der Waals surface area contributed by atoms with Crippen LogP contribution in [0.3, 0.4) is 0 Å². The lowest BCUT2D eigenvalue weighted by molar-refractivity contribution is 0.0879. The monoisotopic (exact) mass is 254 g/mol. The topological polar surface area (TPSA) is 41.1 Å². The van der Waals surface area contributed by atoms with Crippen molar-refractivity contribution in [2.24, 2.45) is 0 Å². The fourth-order valence-corrected chi connectivity index (χ4v) is 2.15. The molecular formula is C13H16F2N2O. The molecule has 0 saturated carbocycles. The number of nitrogens with one attached hydrogen (secondary N) is 2. The fourth-order valence-electron chi connectivity index (χ4n) is 2.15. The lowest BCUT2D eigenvalue weighted by atomic mass is 9.90. The lowest BCUT2D eigenvalue weighted by Gasteiger charge is -2.35. The van der Waals surface area contributed by atoms with Crippen LogP contribution in [0.2, 0.25) is 0 Å². The Morgan fingerprint density at radius 3 is 2.39 bits per heavy atom. The first-order valence-corrected chi connectivity index (χ1v) is 5.99. The lowest BCUT2D eigenvalue weighted by Crippen LogP contribution is -2.52. The number of rotatable bonds is 2. The number of piperidine rings is 1. The van der Waals surface area contributed by atoms with E-state index < -0.39 is 28.6 Å². The highest BCUT2D eigenvalue weighted by Gasteiger charge is 2.30. The van der Waals surface area contributed by atoms with E-state index in [1.165, 1.54) is 6.07 Å². The van der Waals surface area contributed by atoms with Crippen LogP contribution in [0.15, 0.2) is 18.2 Å². The van der Waals surface area contributed by atoms with Gasteiger partial charge in [-0.1, -0.05) is 6.07 Å². The average molecular weight is 254 g/mol. The van der Waals surface area contributed by atoms with E-state index in [0.717, 1.165) is 38.1 Å². The molecule has 3 nitrogen and oxygen atoms in total. The second kappa shape index (κ2) is 5.02. The Labute approximate surface area is 105 Å². The SMILES string of the molecule is CC1(NC(=O)c2c(F)cccc2F)CCNCC1. The van der Waals surface area contributed by atoms with Gasteiger partial charge in [0.15, 0.2) is 0 Å². The van der Waals surface area contributed by atoms with Crippen LogP contribution in [-0.4, -0.2) is 24.5 Å². The van der Waals surface area contributed by atoms with Crippen LogP contribution in [0.25, 0.3) is 0 Å². The van der Waals surface area contributed by atoms with Gasteiger partial charge in [0.05, 0.1) is 0 Å². The summed E-state index contributed by atoms with van der Waals surface area (Å²) in [4.78, 5) is 11.9. The van der Waals surface area contributed by atoms with Gasteiger partial charge in [-0.3, -0.25) is 4.79 Å². The van der Waals surface area contributed by atoms with Crippen molar-refractivity contribution < 1.29 is 13.6 Å². The molecule has 0 aromatic heterocycles. The van der Waals surface area contributed by atoms with Crippen LogP contribution in [0, 0.1) is 11.6 Å². The minimum atomic E-state index is -0.829.